The fourth-order valence-electron chi connectivity index (χ4n) is 1.27. The van der Waals surface area contributed by atoms with Gasteiger partial charge in [0, 0.05) is 5.56 Å². The Morgan fingerprint density at radius 2 is 2.08 bits per heavy atom. The maximum Gasteiger partial charge on any atom is 0.343 e. The first-order chi connectivity index (χ1) is 6.20. The lowest BCUT2D eigenvalue weighted by atomic mass is 10.0. The maximum absolute atomic E-state index is 11.2. The van der Waals surface area contributed by atoms with Crippen molar-refractivity contribution in [1.29, 1.82) is 0 Å². The summed E-state index contributed by atoms with van der Waals surface area (Å²) in [7, 11) is 0. The average Bonchev–Trinajstić information content (AvgIpc) is 2.12. The van der Waals surface area contributed by atoms with Gasteiger partial charge in [-0.2, -0.15) is 0 Å². The molecule has 2 rings (SSSR count). The van der Waals surface area contributed by atoms with E-state index >= 15 is 0 Å². The quantitative estimate of drug-likeness (QED) is 0.595. The first-order valence-corrected chi connectivity index (χ1v) is 3.72. The molecule has 0 saturated carbocycles. The molecule has 0 atom stereocenters. The minimum atomic E-state index is -0.646. The van der Waals surface area contributed by atoms with Gasteiger partial charge in [-0.3, -0.25) is 4.79 Å². The number of cyclic esters (lactones) is 1. The second-order valence-electron chi connectivity index (χ2n) is 2.70. The maximum atomic E-state index is 11.2. The van der Waals surface area contributed by atoms with Gasteiger partial charge in [0.25, 0.3) is 0 Å². The van der Waals surface area contributed by atoms with E-state index in [1.54, 1.807) is 0 Å². The molecule has 0 saturated heterocycles. The number of phenols is 1. The molecule has 13 heavy (non-hydrogen) atoms. The molecule has 4 heteroatoms. The lowest BCUT2D eigenvalue weighted by molar-refractivity contribution is 0.0439. The van der Waals surface area contributed by atoms with Gasteiger partial charge in [0.2, 0.25) is 5.78 Å². The molecule has 1 aromatic rings. The van der Waals surface area contributed by atoms with Crippen LogP contribution in [0.2, 0.25) is 0 Å². The molecule has 0 radical (unpaired) electrons. The summed E-state index contributed by atoms with van der Waals surface area (Å²) < 4.78 is 4.55. The van der Waals surface area contributed by atoms with Crippen molar-refractivity contribution in [3.05, 3.63) is 29.3 Å². The Bertz CT molecular complexity index is 395. The number of rotatable bonds is 0. The summed E-state index contributed by atoms with van der Waals surface area (Å²) in [5.41, 5.74) is 0.204. The Kier molecular flexibility index (Phi) is 1.55. The van der Waals surface area contributed by atoms with Crippen molar-refractivity contribution >= 4 is 11.8 Å². The van der Waals surface area contributed by atoms with Crippen LogP contribution in [0.3, 0.4) is 0 Å². The largest absolute Gasteiger partial charge is 0.507 e. The molecule has 0 aliphatic carbocycles. The number of ether oxygens (including phenoxy) is 1. The minimum absolute atomic E-state index is 0.0289. The number of esters is 1. The number of ketones is 1. The van der Waals surface area contributed by atoms with E-state index in [0.29, 0.717) is 0 Å². The lowest BCUT2D eigenvalue weighted by Gasteiger charge is -2.14. The topological polar surface area (TPSA) is 63.6 Å². The van der Waals surface area contributed by atoms with Crippen LogP contribution in [-0.2, 0) is 4.74 Å². The summed E-state index contributed by atoms with van der Waals surface area (Å²) >= 11 is 0. The van der Waals surface area contributed by atoms with Crippen molar-refractivity contribution in [2.24, 2.45) is 0 Å². The van der Waals surface area contributed by atoms with Crippen LogP contribution in [0, 0.1) is 0 Å². The van der Waals surface area contributed by atoms with Crippen LogP contribution in [0.1, 0.15) is 20.7 Å². The van der Waals surface area contributed by atoms with E-state index in [0.717, 1.165) is 0 Å². The van der Waals surface area contributed by atoms with Crippen LogP contribution in [-0.4, -0.2) is 23.5 Å². The third-order valence-corrected chi connectivity index (χ3v) is 1.88. The molecule has 0 bridgehead atoms. The molecule has 66 valence electrons. The van der Waals surface area contributed by atoms with Crippen molar-refractivity contribution in [2.75, 3.05) is 6.61 Å². The molecule has 0 unspecified atom stereocenters. The summed E-state index contributed by atoms with van der Waals surface area (Å²) in [5.74, 6) is -1.14. The van der Waals surface area contributed by atoms with Gasteiger partial charge >= 0.3 is 5.97 Å². The lowest BCUT2D eigenvalue weighted by Crippen LogP contribution is -2.23. The van der Waals surface area contributed by atoms with E-state index in [9.17, 15) is 14.7 Å². The molecule has 1 heterocycles. The van der Waals surface area contributed by atoms with Gasteiger partial charge in [0.1, 0.15) is 11.3 Å². The number of phenolic OH excluding ortho intramolecular Hbond substituents is 1. The number of Topliss-reactive ketones (excluding diaryl/α,β-unsaturated/α-hetero) is 1. The number of hydrogen-bond acceptors (Lipinski definition) is 4. The number of carbonyl (C=O) groups is 2. The number of carbonyl (C=O) groups excluding carboxylic acids is 2. The number of hydrogen-bond donors (Lipinski definition) is 1. The summed E-state index contributed by atoms with van der Waals surface area (Å²) in [5, 5.41) is 9.29. The Morgan fingerprint density at radius 3 is 2.77 bits per heavy atom. The number of aromatic hydroxyl groups is 1. The Morgan fingerprint density at radius 1 is 1.31 bits per heavy atom. The van der Waals surface area contributed by atoms with Gasteiger partial charge in [-0.15, -0.1) is 0 Å². The zero-order valence-electron chi connectivity index (χ0n) is 6.61. The second-order valence-corrected chi connectivity index (χ2v) is 2.70. The monoisotopic (exact) mass is 178 g/mol. The highest BCUT2D eigenvalue weighted by atomic mass is 16.5. The van der Waals surface area contributed by atoms with Crippen molar-refractivity contribution in [2.45, 2.75) is 0 Å². The van der Waals surface area contributed by atoms with Crippen molar-refractivity contribution < 1.29 is 19.4 Å². The van der Waals surface area contributed by atoms with Crippen LogP contribution in [0.5, 0.6) is 5.75 Å². The summed E-state index contributed by atoms with van der Waals surface area (Å²) in [4.78, 5) is 22.3. The Hall–Kier alpha value is -1.84. The zero-order valence-corrected chi connectivity index (χ0v) is 6.61. The van der Waals surface area contributed by atoms with E-state index in [1.165, 1.54) is 18.2 Å². The van der Waals surface area contributed by atoms with E-state index in [-0.39, 0.29) is 29.3 Å². The van der Waals surface area contributed by atoms with Crippen LogP contribution in [0.15, 0.2) is 18.2 Å². The number of fused-ring (bicyclic) bond motifs is 1. The SMILES string of the molecule is O=C1COC(=O)c2c(O)cccc21. The van der Waals surface area contributed by atoms with E-state index in [1.807, 2.05) is 0 Å². The van der Waals surface area contributed by atoms with Crippen molar-refractivity contribution in [3.63, 3.8) is 0 Å². The molecular formula is C9H6O4. The molecule has 1 aliphatic rings. The van der Waals surface area contributed by atoms with Crippen molar-refractivity contribution in [1.82, 2.24) is 0 Å². The fourth-order valence-corrected chi connectivity index (χ4v) is 1.27. The standard InChI is InChI=1S/C9H6O4/c10-6-3-1-2-5-7(11)4-13-9(12)8(5)6/h1-3,10H,4H2. The third-order valence-electron chi connectivity index (χ3n) is 1.88. The normalized spacial score (nSPS) is 15.1. The van der Waals surface area contributed by atoms with Gasteiger partial charge in [0.05, 0.1) is 0 Å². The number of benzene rings is 1. The Labute approximate surface area is 73.8 Å². The average molecular weight is 178 g/mol. The molecular weight excluding hydrogens is 172 g/mol. The summed E-state index contributed by atoms with van der Waals surface area (Å²) in [6.45, 7) is -0.241. The molecule has 1 N–H and O–H groups in total. The van der Waals surface area contributed by atoms with Crippen molar-refractivity contribution in [3.8, 4) is 5.75 Å². The molecule has 1 aliphatic heterocycles. The molecule has 0 amide bonds. The van der Waals surface area contributed by atoms with Gasteiger partial charge in [-0.05, 0) is 6.07 Å². The summed E-state index contributed by atoms with van der Waals surface area (Å²) in [6.07, 6.45) is 0. The molecule has 4 nitrogen and oxygen atoms in total. The minimum Gasteiger partial charge on any atom is -0.507 e. The molecule has 0 aromatic heterocycles. The van der Waals surface area contributed by atoms with Gasteiger partial charge < -0.3 is 9.84 Å². The highest BCUT2D eigenvalue weighted by molar-refractivity contribution is 6.12. The molecule has 0 spiro atoms. The first kappa shape index (κ1) is 7.79. The fraction of sp³-hybridized carbons (Fsp3) is 0.111. The molecule has 1 aromatic carbocycles. The Balaban J connectivity index is 2.70. The molecule has 0 fully saturated rings. The van der Waals surface area contributed by atoms with Gasteiger partial charge in [-0.1, -0.05) is 12.1 Å². The predicted octanol–water partition coefficient (Wildman–Crippen LogP) is 0.745. The zero-order chi connectivity index (χ0) is 9.42. The second kappa shape index (κ2) is 2.58. The van der Waals surface area contributed by atoms with Crippen LogP contribution >= 0.6 is 0 Å². The summed E-state index contributed by atoms with van der Waals surface area (Å²) in [6, 6.07) is 4.36. The van der Waals surface area contributed by atoms with E-state index in [2.05, 4.69) is 4.74 Å². The van der Waals surface area contributed by atoms with Gasteiger partial charge in [-0.25, -0.2) is 4.79 Å². The highest BCUT2D eigenvalue weighted by Gasteiger charge is 2.27. The highest BCUT2D eigenvalue weighted by Crippen LogP contribution is 2.25. The smallest absolute Gasteiger partial charge is 0.343 e. The third kappa shape index (κ3) is 1.07. The van der Waals surface area contributed by atoms with Gasteiger partial charge in [0.15, 0.2) is 6.61 Å². The van der Waals surface area contributed by atoms with Crippen LogP contribution < -0.4 is 0 Å². The predicted molar refractivity (Wildman–Crippen MR) is 42.7 cm³/mol. The first-order valence-electron chi connectivity index (χ1n) is 3.72. The van der Waals surface area contributed by atoms with Crippen LogP contribution in [0.25, 0.3) is 0 Å². The van der Waals surface area contributed by atoms with E-state index in [4.69, 9.17) is 0 Å². The van der Waals surface area contributed by atoms with E-state index < -0.39 is 5.97 Å². The van der Waals surface area contributed by atoms with Crippen LogP contribution in [0.4, 0.5) is 0 Å².